The van der Waals surface area contributed by atoms with Crippen molar-refractivity contribution in [3.8, 4) is 0 Å². The number of ether oxygens (including phenoxy) is 1. The first-order valence-corrected chi connectivity index (χ1v) is 6.67. The Morgan fingerprint density at radius 1 is 1.33 bits per heavy atom. The van der Waals surface area contributed by atoms with Crippen LogP contribution in [0.3, 0.4) is 0 Å². The van der Waals surface area contributed by atoms with Gasteiger partial charge in [-0.1, -0.05) is 24.3 Å². The quantitative estimate of drug-likeness (QED) is 0.811. The number of rotatable bonds is 2. The maximum Gasteiger partial charge on any atom is 0.337 e. The zero-order valence-corrected chi connectivity index (χ0v) is 11.8. The van der Waals surface area contributed by atoms with E-state index in [1.54, 1.807) is 6.92 Å². The molecule has 0 spiro atoms. The Hall–Kier alpha value is -2.56. The maximum atomic E-state index is 12.0. The first-order chi connectivity index (χ1) is 10.0. The van der Waals surface area contributed by atoms with Gasteiger partial charge in [0, 0.05) is 5.70 Å². The number of dihydropyridines is 1. The Labute approximate surface area is 121 Å². The highest BCUT2D eigenvalue weighted by atomic mass is 16.5. The lowest BCUT2D eigenvalue weighted by Crippen LogP contribution is -2.29. The summed E-state index contributed by atoms with van der Waals surface area (Å²) in [5, 5.41) is 12.6. The van der Waals surface area contributed by atoms with E-state index in [9.17, 15) is 14.7 Å². The van der Waals surface area contributed by atoms with Crippen molar-refractivity contribution in [2.45, 2.75) is 19.8 Å². The fourth-order valence-electron chi connectivity index (χ4n) is 2.97. The number of nitrogens with one attached hydrogen (secondary N) is 1. The molecule has 3 rings (SSSR count). The summed E-state index contributed by atoms with van der Waals surface area (Å²) in [6.07, 6.45) is 0. The summed E-state index contributed by atoms with van der Waals surface area (Å²) in [6, 6.07) is 7.50. The van der Waals surface area contributed by atoms with Crippen molar-refractivity contribution in [2.24, 2.45) is 0 Å². The van der Waals surface area contributed by atoms with Crippen LogP contribution in [0.4, 0.5) is 0 Å². The fraction of sp³-hybridized carbons (Fsp3) is 0.250. The molecule has 0 saturated carbocycles. The maximum absolute atomic E-state index is 12.0. The van der Waals surface area contributed by atoms with Crippen LogP contribution < -0.4 is 5.32 Å². The number of cyclic esters (lactones) is 1. The molecule has 5 heteroatoms. The number of carbonyl (C=O) groups excluding carboxylic acids is 1. The predicted octanol–water partition coefficient (Wildman–Crippen LogP) is 1.85. The molecule has 0 fully saturated rings. The molecule has 21 heavy (non-hydrogen) atoms. The van der Waals surface area contributed by atoms with Crippen molar-refractivity contribution in [3.05, 3.63) is 57.9 Å². The molecule has 0 bridgehead atoms. The summed E-state index contributed by atoms with van der Waals surface area (Å²) in [6.45, 7) is 3.79. The van der Waals surface area contributed by atoms with Crippen molar-refractivity contribution in [1.82, 2.24) is 5.32 Å². The third-order valence-corrected chi connectivity index (χ3v) is 3.94. The predicted molar refractivity (Wildman–Crippen MR) is 75.4 cm³/mol. The van der Waals surface area contributed by atoms with Crippen LogP contribution in [0.25, 0.3) is 0 Å². The van der Waals surface area contributed by atoms with Gasteiger partial charge in [0.2, 0.25) is 0 Å². The molecule has 0 amide bonds. The van der Waals surface area contributed by atoms with E-state index in [2.05, 4.69) is 5.32 Å². The van der Waals surface area contributed by atoms with Crippen LogP contribution in [0.2, 0.25) is 0 Å². The Morgan fingerprint density at radius 3 is 2.71 bits per heavy atom. The molecule has 1 aromatic rings. The van der Waals surface area contributed by atoms with E-state index in [1.165, 1.54) is 0 Å². The highest BCUT2D eigenvalue weighted by Gasteiger charge is 2.41. The van der Waals surface area contributed by atoms with Crippen molar-refractivity contribution < 1.29 is 19.4 Å². The summed E-state index contributed by atoms with van der Waals surface area (Å²) in [7, 11) is 0. The summed E-state index contributed by atoms with van der Waals surface area (Å²) < 4.78 is 5.07. The highest BCUT2D eigenvalue weighted by molar-refractivity contribution is 6.00. The van der Waals surface area contributed by atoms with Crippen LogP contribution in [0.5, 0.6) is 0 Å². The number of carbonyl (C=O) groups is 2. The lowest BCUT2D eigenvalue weighted by molar-refractivity contribution is -0.136. The van der Waals surface area contributed by atoms with Gasteiger partial charge in [-0.15, -0.1) is 0 Å². The van der Waals surface area contributed by atoms with Gasteiger partial charge in [0.1, 0.15) is 6.61 Å². The number of carboxylic acid groups (broad SMARTS) is 1. The second kappa shape index (κ2) is 4.77. The monoisotopic (exact) mass is 285 g/mol. The smallest absolute Gasteiger partial charge is 0.337 e. The zero-order valence-electron chi connectivity index (χ0n) is 11.8. The topological polar surface area (TPSA) is 75.6 Å². The van der Waals surface area contributed by atoms with Crippen LogP contribution in [0, 0.1) is 6.92 Å². The number of hydrogen-bond donors (Lipinski definition) is 2. The van der Waals surface area contributed by atoms with Gasteiger partial charge in [0.25, 0.3) is 0 Å². The minimum Gasteiger partial charge on any atom is -0.478 e. The largest absolute Gasteiger partial charge is 0.478 e. The van der Waals surface area contributed by atoms with E-state index >= 15 is 0 Å². The van der Waals surface area contributed by atoms with Gasteiger partial charge in [0.15, 0.2) is 0 Å². The highest BCUT2D eigenvalue weighted by Crippen LogP contribution is 2.41. The molecule has 0 aliphatic carbocycles. The second-order valence-corrected chi connectivity index (χ2v) is 5.23. The Balaban J connectivity index is 2.24. The molecule has 2 aliphatic rings. The molecule has 2 N–H and O–H groups in total. The van der Waals surface area contributed by atoms with Crippen LogP contribution in [0.1, 0.15) is 24.0 Å². The zero-order chi connectivity index (χ0) is 15.1. The third kappa shape index (κ3) is 2.01. The van der Waals surface area contributed by atoms with Crippen LogP contribution in [-0.2, 0) is 14.3 Å². The molecule has 0 saturated heterocycles. The van der Waals surface area contributed by atoms with Crippen molar-refractivity contribution in [1.29, 1.82) is 0 Å². The molecule has 1 aromatic carbocycles. The van der Waals surface area contributed by atoms with E-state index in [0.717, 1.165) is 11.1 Å². The van der Waals surface area contributed by atoms with E-state index in [1.807, 2.05) is 31.2 Å². The van der Waals surface area contributed by atoms with E-state index in [0.29, 0.717) is 17.0 Å². The standard InChI is InChI=1S/C16H15NO4/c1-8-5-3-4-6-10(8)13-12(15(18)19)9(2)17-11-7-21-16(20)14(11)13/h3-6,13,17H,7H2,1-2H3,(H,18,19). The lowest BCUT2D eigenvalue weighted by atomic mass is 9.79. The Bertz CT molecular complexity index is 713. The molecule has 0 radical (unpaired) electrons. The van der Waals surface area contributed by atoms with Gasteiger partial charge in [0.05, 0.1) is 22.8 Å². The Kier molecular flexibility index (Phi) is 3.05. The van der Waals surface area contributed by atoms with Crippen molar-refractivity contribution in [3.63, 3.8) is 0 Å². The SMILES string of the molecule is CC1=C(C(=O)O)C(c2ccccc2C)C2=C(COC2=O)N1. The van der Waals surface area contributed by atoms with Gasteiger partial charge in [-0.2, -0.15) is 0 Å². The number of carboxylic acids is 1. The first-order valence-electron chi connectivity index (χ1n) is 6.67. The Morgan fingerprint density at radius 2 is 2.05 bits per heavy atom. The fourth-order valence-corrected chi connectivity index (χ4v) is 2.97. The van der Waals surface area contributed by atoms with E-state index < -0.39 is 17.9 Å². The molecular formula is C16H15NO4. The van der Waals surface area contributed by atoms with Crippen molar-refractivity contribution in [2.75, 3.05) is 6.61 Å². The summed E-state index contributed by atoms with van der Waals surface area (Å²) >= 11 is 0. The number of esters is 1. The van der Waals surface area contributed by atoms with E-state index in [-0.39, 0.29) is 12.2 Å². The molecular weight excluding hydrogens is 270 g/mol. The average Bonchev–Trinajstić information content (AvgIpc) is 2.79. The summed E-state index contributed by atoms with van der Waals surface area (Å²) in [5.74, 6) is -2.06. The number of benzene rings is 1. The number of hydrogen-bond acceptors (Lipinski definition) is 4. The van der Waals surface area contributed by atoms with Gasteiger partial charge < -0.3 is 15.2 Å². The number of allylic oxidation sites excluding steroid dienone is 1. The van der Waals surface area contributed by atoms with Crippen molar-refractivity contribution >= 4 is 11.9 Å². The molecule has 0 aromatic heterocycles. The van der Waals surface area contributed by atoms with Gasteiger partial charge in [-0.05, 0) is 25.0 Å². The van der Waals surface area contributed by atoms with Crippen LogP contribution in [0.15, 0.2) is 46.8 Å². The van der Waals surface area contributed by atoms with Gasteiger partial charge in [-0.25, -0.2) is 9.59 Å². The number of aryl methyl sites for hydroxylation is 1. The average molecular weight is 285 g/mol. The second-order valence-electron chi connectivity index (χ2n) is 5.23. The molecule has 2 aliphatic heterocycles. The minimum atomic E-state index is -1.03. The summed E-state index contributed by atoms with van der Waals surface area (Å²) in [5.41, 5.74) is 3.59. The van der Waals surface area contributed by atoms with Gasteiger partial charge in [-0.3, -0.25) is 0 Å². The number of aliphatic carboxylic acids is 1. The molecule has 1 unspecified atom stereocenters. The molecule has 108 valence electrons. The summed E-state index contributed by atoms with van der Waals surface area (Å²) in [4.78, 5) is 23.7. The molecule has 1 atom stereocenters. The lowest BCUT2D eigenvalue weighted by Gasteiger charge is -2.27. The van der Waals surface area contributed by atoms with Gasteiger partial charge >= 0.3 is 11.9 Å². The van der Waals surface area contributed by atoms with E-state index in [4.69, 9.17) is 4.74 Å². The van der Waals surface area contributed by atoms with Crippen LogP contribution >= 0.6 is 0 Å². The normalized spacial score (nSPS) is 21.0. The first kappa shape index (κ1) is 13.4. The molecule has 2 heterocycles. The third-order valence-electron chi connectivity index (χ3n) is 3.94. The molecule has 5 nitrogen and oxygen atoms in total. The van der Waals surface area contributed by atoms with Crippen LogP contribution in [-0.4, -0.2) is 23.7 Å². The minimum absolute atomic E-state index is 0.167.